The van der Waals surface area contributed by atoms with Crippen LogP contribution >= 0.6 is 0 Å². The van der Waals surface area contributed by atoms with Gasteiger partial charge in [-0.3, -0.25) is 14.5 Å². The van der Waals surface area contributed by atoms with E-state index in [0.29, 0.717) is 12.3 Å². The molecular weight excluding hydrogens is 376 g/mol. The van der Waals surface area contributed by atoms with E-state index >= 15 is 0 Å². The van der Waals surface area contributed by atoms with Crippen molar-refractivity contribution in [1.29, 1.82) is 0 Å². The second kappa shape index (κ2) is 7.99. The zero-order valence-corrected chi connectivity index (χ0v) is 17.8. The van der Waals surface area contributed by atoms with E-state index in [-0.39, 0.29) is 17.9 Å². The average Bonchev–Trinajstić information content (AvgIpc) is 2.73. The molecule has 0 spiro atoms. The Morgan fingerprint density at radius 3 is 2.03 bits per heavy atom. The molecule has 0 aromatic heterocycles. The van der Waals surface area contributed by atoms with Crippen LogP contribution in [0.25, 0.3) is 0 Å². The Kier molecular flexibility index (Phi) is 5.34. The maximum Gasteiger partial charge on any atom is 0.303 e. The van der Waals surface area contributed by atoms with Crippen LogP contribution in [0.1, 0.15) is 63.0 Å². The van der Waals surface area contributed by atoms with Gasteiger partial charge in [-0.25, -0.2) is 0 Å². The molecule has 4 bridgehead atoms. The van der Waals surface area contributed by atoms with E-state index in [4.69, 9.17) is 0 Å². The molecule has 4 saturated carbocycles. The first kappa shape index (κ1) is 20.0. The van der Waals surface area contributed by atoms with Crippen molar-refractivity contribution in [3.8, 4) is 0 Å². The molecule has 5 aliphatic rings. The number of rotatable bonds is 6. The van der Waals surface area contributed by atoms with Gasteiger partial charge in [0.15, 0.2) is 0 Å². The summed E-state index contributed by atoms with van der Waals surface area (Å²) in [5.41, 5.74) is 1.12. The Balaban J connectivity index is 1.25. The summed E-state index contributed by atoms with van der Waals surface area (Å²) in [6.45, 7) is 3.21. The molecule has 4 aliphatic carbocycles. The average molecular weight is 411 g/mol. The number of hydrogen-bond acceptors (Lipinski definition) is 3. The standard InChI is InChI=1S/C25H34N2O3/c28-23(29)7-6-22(21-4-2-1-3-5-21)26-8-10-27(11-9-26)24(30)25-15-18-12-19(16-25)14-20(13-18)17-25/h1-5,18-20,22H,6-17H2,(H,28,29)/t18?,19?,20?,22-,25?/m0/s1. The van der Waals surface area contributed by atoms with Crippen LogP contribution in [0.2, 0.25) is 0 Å². The van der Waals surface area contributed by atoms with Crippen molar-refractivity contribution in [1.82, 2.24) is 9.80 Å². The molecular formula is C25H34N2O3. The van der Waals surface area contributed by atoms with Gasteiger partial charge < -0.3 is 10.0 Å². The molecule has 162 valence electrons. The van der Waals surface area contributed by atoms with Gasteiger partial charge in [0, 0.05) is 38.6 Å². The van der Waals surface area contributed by atoms with Crippen molar-refractivity contribution in [2.75, 3.05) is 26.2 Å². The highest BCUT2D eigenvalue weighted by Gasteiger charge is 2.55. The summed E-state index contributed by atoms with van der Waals surface area (Å²) in [7, 11) is 0. The topological polar surface area (TPSA) is 60.9 Å². The fourth-order valence-electron chi connectivity index (χ4n) is 7.44. The molecule has 1 N–H and O–H groups in total. The Hall–Kier alpha value is -1.88. The second-order valence-electron chi connectivity index (χ2n) is 10.4. The molecule has 1 atom stereocenters. The Labute approximate surface area is 179 Å². The van der Waals surface area contributed by atoms with Crippen LogP contribution in [0.5, 0.6) is 0 Å². The molecule has 5 heteroatoms. The van der Waals surface area contributed by atoms with Gasteiger partial charge in [0.25, 0.3) is 0 Å². The number of carbonyl (C=O) groups excluding carboxylic acids is 1. The number of carboxylic acids is 1. The lowest BCUT2D eigenvalue weighted by Crippen LogP contribution is -2.58. The molecule has 1 aliphatic heterocycles. The fraction of sp³-hybridized carbons (Fsp3) is 0.680. The van der Waals surface area contributed by atoms with Gasteiger partial charge in [0.2, 0.25) is 5.91 Å². The van der Waals surface area contributed by atoms with E-state index in [1.165, 1.54) is 24.8 Å². The minimum atomic E-state index is -0.744. The van der Waals surface area contributed by atoms with E-state index in [1.807, 2.05) is 18.2 Å². The third-order valence-electron chi connectivity index (χ3n) is 8.35. The zero-order chi connectivity index (χ0) is 20.7. The summed E-state index contributed by atoms with van der Waals surface area (Å²) in [6, 6.07) is 10.4. The fourth-order valence-corrected chi connectivity index (χ4v) is 7.44. The van der Waals surface area contributed by atoms with E-state index < -0.39 is 5.97 Å². The Bertz CT molecular complexity index is 750. The smallest absolute Gasteiger partial charge is 0.303 e. The summed E-state index contributed by atoms with van der Waals surface area (Å²) in [6.07, 6.45) is 8.26. The van der Waals surface area contributed by atoms with Crippen LogP contribution in [0.4, 0.5) is 0 Å². The molecule has 0 radical (unpaired) electrons. The minimum absolute atomic E-state index is 0.0565. The van der Waals surface area contributed by atoms with Crippen molar-refractivity contribution in [2.45, 2.75) is 57.4 Å². The number of carboxylic acid groups (broad SMARTS) is 1. The maximum absolute atomic E-state index is 13.6. The SMILES string of the molecule is O=C(O)CC[C@@H](c1ccccc1)N1CCN(C(=O)C23CC4CC(CC(C4)C2)C3)CC1. The predicted molar refractivity (Wildman–Crippen MR) is 115 cm³/mol. The van der Waals surface area contributed by atoms with Gasteiger partial charge in [-0.05, 0) is 68.3 Å². The van der Waals surface area contributed by atoms with Crippen LogP contribution in [0, 0.1) is 23.2 Å². The largest absolute Gasteiger partial charge is 0.481 e. The number of hydrogen-bond donors (Lipinski definition) is 1. The first-order chi connectivity index (χ1) is 14.5. The van der Waals surface area contributed by atoms with Crippen molar-refractivity contribution >= 4 is 11.9 Å². The number of carbonyl (C=O) groups is 2. The molecule has 30 heavy (non-hydrogen) atoms. The van der Waals surface area contributed by atoms with E-state index in [1.54, 1.807) is 0 Å². The summed E-state index contributed by atoms with van der Waals surface area (Å²) < 4.78 is 0. The number of aliphatic carboxylic acids is 1. The van der Waals surface area contributed by atoms with Gasteiger partial charge in [-0.2, -0.15) is 0 Å². The third kappa shape index (κ3) is 3.77. The highest BCUT2D eigenvalue weighted by atomic mass is 16.4. The van der Waals surface area contributed by atoms with E-state index in [9.17, 15) is 14.7 Å². The van der Waals surface area contributed by atoms with Crippen LogP contribution in [0.3, 0.4) is 0 Å². The highest BCUT2D eigenvalue weighted by molar-refractivity contribution is 5.83. The Morgan fingerprint density at radius 2 is 1.50 bits per heavy atom. The molecule has 1 heterocycles. The molecule has 1 aromatic carbocycles. The number of piperazine rings is 1. The lowest BCUT2D eigenvalue weighted by molar-refractivity contribution is -0.159. The van der Waals surface area contributed by atoms with Gasteiger partial charge in [-0.15, -0.1) is 0 Å². The minimum Gasteiger partial charge on any atom is -0.481 e. The summed E-state index contributed by atoms with van der Waals surface area (Å²) >= 11 is 0. The van der Waals surface area contributed by atoms with Crippen molar-refractivity contribution in [3.05, 3.63) is 35.9 Å². The summed E-state index contributed by atoms with van der Waals surface area (Å²) in [5, 5.41) is 9.20. The maximum atomic E-state index is 13.6. The van der Waals surface area contributed by atoms with Crippen molar-refractivity contribution in [2.24, 2.45) is 23.2 Å². The van der Waals surface area contributed by atoms with Gasteiger partial charge in [0.05, 0.1) is 5.41 Å². The normalized spacial score (nSPS) is 34.1. The third-order valence-corrected chi connectivity index (χ3v) is 8.35. The van der Waals surface area contributed by atoms with E-state index in [2.05, 4.69) is 21.9 Å². The molecule has 5 nitrogen and oxygen atoms in total. The Morgan fingerprint density at radius 1 is 0.933 bits per heavy atom. The van der Waals surface area contributed by atoms with Gasteiger partial charge in [-0.1, -0.05) is 30.3 Å². The summed E-state index contributed by atoms with van der Waals surface area (Å²) in [4.78, 5) is 29.4. The number of nitrogens with zero attached hydrogens (tertiary/aromatic N) is 2. The lowest BCUT2D eigenvalue weighted by Gasteiger charge is -2.57. The second-order valence-corrected chi connectivity index (χ2v) is 10.4. The molecule has 1 amide bonds. The van der Waals surface area contributed by atoms with Gasteiger partial charge in [0.1, 0.15) is 0 Å². The first-order valence-corrected chi connectivity index (χ1v) is 11.8. The molecule has 6 rings (SSSR count). The van der Waals surface area contributed by atoms with Crippen molar-refractivity contribution in [3.63, 3.8) is 0 Å². The quantitative estimate of drug-likeness (QED) is 0.771. The van der Waals surface area contributed by atoms with Crippen LogP contribution in [-0.2, 0) is 9.59 Å². The zero-order valence-electron chi connectivity index (χ0n) is 17.8. The van der Waals surface area contributed by atoms with Crippen LogP contribution in [-0.4, -0.2) is 53.0 Å². The molecule has 1 saturated heterocycles. The highest BCUT2D eigenvalue weighted by Crippen LogP contribution is 2.60. The number of benzene rings is 1. The molecule has 1 aromatic rings. The van der Waals surface area contributed by atoms with Crippen LogP contribution < -0.4 is 0 Å². The molecule has 5 fully saturated rings. The van der Waals surface area contributed by atoms with E-state index in [0.717, 1.165) is 63.2 Å². The van der Waals surface area contributed by atoms with Gasteiger partial charge >= 0.3 is 5.97 Å². The first-order valence-electron chi connectivity index (χ1n) is 11.8. The monoisotopic (exact) mass is 410 g/mol. The molecule has 0 unspecified atom stereocenters. The summed E-state index contributed by atoms with van der Waals surface area (Å²) in [5.74, 6) is 2.06. The number of amides is 1. The lowest BCUT2D eigenvalue weighted by atomic mass is 9.49. The van der Waals surface area contributed by atoms with Crippen LogP contribution in [0.15, 0.2) is 30.3 Å². The van der Waals surface area contributed by atoms with Crippen molar-refractivity contribution < 1.29 is 14.7 Å². The predicted octanol–water partition coefficient (Wildman–Crippen LogP) is 3.95.